The Morgan fingerprint density at radius 2 is 1.68 bits per heavy atom. The zero-order valence-electron chi connectivity index (χ0n) is 22.5. The first-order valence-corrected chi connectivity index (χ1v) is 14.0. The predicted molar refractivity (Wildman–Crippen MR) is 164 cm³/mol. The van der Waals surface area contributed by atoms with Crippen LogP contribution in [-0.2, 0) is 0 Å². The molecule has 4 aromatic rings. The van der Waals surface area contributed by atoms with Gasteiger partial charge in [0.2, 0.25) is 0 Å². The van der Waals surface area contributed by atoms with Gasteiger partial charge in [-0.3, -0.25) is 0 Å². The van der Waals surface area contributed by atoms with Crippen molar-refractivity contribution >= 4 is 51.3 Å². The molecule has 3 aromatic carbocycles. The molecule has 1 atom stereocenters. The summed E-state index contributed by atoms with van der Waals surface area (Å²) >= 11 is 12.7. The fourth-order valence-corrected chi connectivity index (χ4v) is 5.10. The lowest BCUT2D eigenvalue weighted by Gasteiger charge is -2.28. The lowest BCUT2D eigenvalue weighted by Crippen LogP contribution is -2.38. The van der Waals surface area contributed by atoms with Crippen LogP contribution in [0, 0.1) is 5.82 Å². The molecular formula is C30H34Cl2FN7. The number of benzene rings is 3. The molecule has 0 saturated heterocycles. The van der Waals surface area contributed by atoms with Crippen LogP contribution in [0.25, 0.3) is 10.9 Å². The minimum atomic E-state index is -0.501. The van der Waals surface area contributed by atoms with Crippen LogP contribution in [0.1, 0.15) is 51.1 Å². The standard InChI is InChI=1S/C30H34Cl2FN7/c1-3-8-22(9-4-2)40(35)17-27(34)28(19-10-6-5-7-11-19)38-21-14-23-29(25(32)16-21)36-18-37-30(23)39-20-12-13-26(33)24(31)15-20/h5-7,10-18,22,28,38H,3-4,8-9,34-35H2,1-2H3,(H,36,37,39)/b27-17-. The smallest absolute Gasteiger partial charge is 0.141 e. The third-order valence-corrected chi connectivity index (χ3v) is 7.19. The molecule has 0 radical (unpaired) electrons. The summed E-state index contributed by atoms with van der Waals surface area (Å²) in [7, 11) is 0. The van der Waals surface area contributed by atoms with E-state index in [-0.39, 0.29) is 17.1 Å². The Bertz CT molecular complexity index is 1460. The van der Waals surface area contributed by atoms with Crippen LogP contribution in [0.5, 0.6) is 0 Å². The van der Waals surface area contributed by atoms with E-state index in [0.717, 1.165) is 31.2 Å². The molecule has 0 aliphatic carbocycles. The van der Waals surface area contributed by atoms with Gasteiger partial charge in [0.25, 0.3) is 0 Å². The fraction of sp³-hybridized carbons (Fsp3) is 0.267. The van der Waals surface area contributed by atoms with Crippen molar-refractivity contribution in [2.75, 3.05) is 10.6 Å². The molecule has 10 heteroatoms. The van der Waals surface area contributed by atoms with Gasteiger partial charge >= 0.3 is 0 Å². The number of aromatic nitrogens is 2. The van der Waals surface area contributed by atoms with E-state index < -0.39 is 5.82 Å². The molecule has 0 amide bonds. The Kier molecular flexibility index (Phi) is 10.0. The van der Waals surface area contributed by atoms with Crippen LogP contribution in [0.4, 0.5) is 21.6 Å². The molecule has 0 aliphatic heterocycles. The third kappa shape index (κ3) is 7.13. The van der Waals surface area contributed by atoms with Gasteiger partial charge in [0.05, 0.1) is 27.3 Å². The fourth-order valence-electron chi connectivity index (χ4n) is 4.65. The van der Waals surface area contributed by atoms with Crippen LogP contribution >= 0.6 is 23.2 Å². The summed E-state index contributed by atoms with van der Waals surface area (Å²) in [6, 6.07) is 17.8. The Balaban J connectivity index is 1.71. The van der Waals surface area contributed by atoms with Crippen LogP contribution in [0.2, 0.25) is 10.0 Å². The van der Waals surface area contributed by atoms with Gasteiger partial charge in [0.1, 0.15) is 18.0 Å². The zero-order chi connectivity index (χ0) is 28.6. The van der Waals surface area contributed by atoms with Crippen molar-refractivity contribution in [2.24, 2.45) is 11.6 Å². The van der Waals surface area contributed by atoms with E-state index in [1.165, 1.54) is 18.5 Å². The molecule has 0 aliphatic rings. The summed E-state index contributed by atoms with van der Waals surface area (Å²) in [5.41, 5.74) is 10.1. The average molecular weight is 583 g/mol. The largest absolute Gasteiger partial charge is 0.399 e. The van der Waals surface area contributed by atoms with Crippen molar-refractivity contribution in [3.63, 3.8) is 0 Å². The number of rotatable bonds is 12. The first-order chi connectivity index (χ1) is 19.3. The van der Waals surface area contributed by atoms with Gasteiger partial charge in [0.15, 0.2) is 0 Å². The van der Waals surface area contributed by atoms with E-state index in [0.29, 0.717) is 38.8 Å². The Morgan fingerprint density at radius 1 is 0.975 bits per heavy atom. The SMILES string of the molecule is CCCC(CCC)N(N)/C=C(\N)C(Nc1cc(Cl)c2ncnc(Nc3ccc(F)c(Cl)c3)c2c1)c1ccccc1. The highest BCUT2D eigenvalue weighted by Gasteiger charge is 2.19. The van der Waals surface area contributed by atoms with Gasteiger partial charge in [0, 0.05) is 29.0 Å². The molecule has 1 heterocycles. The van der Waals surface area contributed by atoms with Gasteiger partial charge in [-0.05, 0) is 48.7 Å². The number of hydrogen-bond donors (Lipinski definition) is 4. The number of nitrogens with zero attached hydrogens (tertiary/aromatic N) is 3. The van der Waals surface area contributed by atoms with E-state index in [9.17, 15) is 4.39 Å². The Morgan fingerprint density at radius 3 is 2.35 bits per heavy atom. The number of nitrogens with two attached hydrogens (primary N) is 2. The molecule has 0 saturated carbocycles. The number of hydrogen-bond acceptors (Lipinski definition) is 7. The second kappa shape index (κ2) is 13.7. The number of halogens is 3. The van der Waals surface area contributed by atoms with Crippen molar-refractivity contribution in [1.29, 1.82) is 0 Å². The van der Waals surface area contributed by atoms with Crippen LogP contribution in [0.3, 0.4) is 0 Å². The minimum absolute atomic E-state index is 0.00535. The van der Waals surface area contributed by atoms with Crippen molar-refractivity contribution in [1.82, 2.24) is 15.0 Å². The first-order valence-electron chi connectivity index (χ1n) is 13.3. The van der Waals surface area contributed by atoms with Gasteiger partial charge in [-0.25, -0.2) is 20.2 Å². The van der Waals surface area contributed by atoms with E-state index in [2.05, 4.69) is 34.4 Å². The number of hydrazine groups is 1. The van der Waals surface area contributed by atoms with E-state index in [4.69, 9.17) is 34.8 Å². The van der Waals surface area contributed by atoms with Crippen molar-refractivity contribution in [2.45, 2.75) is 51.6 Å². The van der Waals surface area contributed by atoms with Gasteiger partial charge < -0.3 is 21.4 Å². The summed E-state index contributed by atoms with van der Waals surface area (Å²) < 4.78 is 13.7. The zero-order valence-corrected chi connectivity index (χ0v) is 24.1. The van der Waals surface area contributed by atoms with Crippen molar-refractivity contribution in [3.05, 3.63) is 100 Å². The molecule has 1 aromatic heterocycles. The summed E-state index contributed by atoms with van der Waals surface area (Å²) in [4.78, 5) is 8.76. The second-order valence-corrected chi connectivity index (χ2v) is 10.4. The van der Waals surface area contributed by atoms with Gasteiger partial charge in [-0.15, -0.1) is 0 Å². The van der Waals surface area contributed by atoms with Crippen molar-refractivity contribution < 1.29 is 4.39 Å². The maximum atomic E-state index is 13.7. The third-order valence-electron chi connectivity index (χ3n) is 6.62. The Hall–Kier alpha value is -3.59. The topological polar surface area (TPSA) is 105 Å². The molecule has 4 rings (SSSR count). The number of nitrogens with one attached hydrogen (secondary N) is 2. The van der Waals surface area contributed by atoms with Crippen LogP contribution < -0.4 is 22.2 Å². The summed E-state index contributed by atoms with van der Waals surface area (Å²) in [5.74, 6) is 6.47. The van der Waals surface area contributed by atoms with Crippen LogP contribution in [0.15, 0.2) is 78.9 Å². The quantitative estimate of drug-likeness (QED) is 0.0994. The van der Waals surface area contributed by atoms with Gasteiger partial charge in [-0.1, -0.05) is 80.2 Å². The summed E-state index contributed by atoms with van der Waals surface area (Å²) in [6.07, 6.45) is 7.26. The molecule has 0 fully saturated rings. The lowest BCUT2D eigenvalue weighted by atomic mass is 10.0. The lowest BCUT2D eigenvalue weighted by molar-refractivity contribution is 0.249. The highest BCUT2D eigenvalue weighted by molar-refractivity contribution is 6.35. The number of anilines is 3. The molecule has 40 heavy (non-hydrogen) atoms. The summed E-state index contributed by atoms with van der Waals surface area (Å²) in [6.45, 7) is 4.30. The molecule has 1 unspecified atom stereocenters. The highest BCUT2D eigenvalue weighted by atomic mass is 35.5. The maximum Gasteiger partial charge on any atom is 0.141 e. The monoisotopic (exact) mass is 581 g/mol. The molecule has 6 N–H and O–H groups in total. The summed E-state index contributed by atoms with van der Waals surface area (Å²) in [5, 5.41) is 9.56. The normalized spacial score (nSPS) is 12.5. The maximum absolute atomic E-state index is 13.7. The van der Waals surface area contributed by atoms with Crippen molar-refractivity contribution in [3.8, 4) is 0 Å². The average Bonchev–Trinajstić information content (AvgIpc) is 2.94. The molecule has 0 bridgehead atoms. The van der Waals surface area contributed by atoms with E-state index in [1.54, 1.807) is 17.1 Å². The minimum Gasteiger partial charge on any atom is -0.399 e. The molecule has 210 valence electrons. The molecule has 0 spiro atoms. The molecular weight excluding hydrogens is 548 g/mol. The first kappa shape index (κ1) is 29.4. The van der Waals surface area contributed by atoms with E-state index >= 15 is 0 Å². The van der Waals surface area contributed by atoms with Crippen LogP contribution in [-0.4, -0.2) is 21.0 Å². The van der Waals surface area contributed by atoms with E-state index in [1.807, 2.05) is 42.6 Å². The Labute approximate surface area is 244 Å². The second-order valence-electron chi connectivity index (χ2n) is 9.63. The van der Waals surface area contributed by atoms with Gasteiger partial charge in [-0.2, -0.15) is 0 Å². The molecule has 7 nitrogen and oxygen atoms in total. The predicted octanol–water partition coefficient (Wildman–Crippen LogP) is 7.92. The number of fused-ring (bicyclic) bond motifs is 1. The highest BCUT2D eigenvalue weighted by Crippen LogP contribution is 2.34.